The average molecular weight is 516 g/mol. The van der Waals surface area contributed by atoms with Crippen LogP contribution in [-0.2, 0) is 16.7 Å². The number of aromatic nitrogens is 1. The number of hydrogen-bond acceptors (Lipinski definition) is 5. The molecule has 9 heteroatoms. The molecule has 5 rings (SSSR count). The second-order valence-electron chi connectivity index (χ2n) is 10.5. The zero-order chi connectivity index (χ0) is 25.7. The maximum Gasteiger partial charge on any atom is 0.415 e. The van der Waals surface area contributed by atoms with Crippen LogP contribution in [0.2, 0.25) is 0 Å². The van der Waals surface area contributed by atoms with E-state index in [1.165, 1.54) is 11.3 Å². The van der Waals surface area contributed by atoms with E-state index in [1.807, 2.05) is 51.1 Å². The molecule has 36 heavy (non-hydrogen) atoms. The molecule has 1 aromatic heterocycles. The lowest BCUT2D eigenvalue weighted by molar-refractivity contribution is -0.000725. The summed E-state index contributed by atoms with van der Waals surface area (Å²) in [6.45, 7) is 8.39. The molecule has 2 aromatic carbocycles. The fourth-order valence-corrected chi connectivity index (χ4v) is 5.88. The summed E-state index contributed by atoms with van der Waals surface area (Å²) >= 11 is 1.47. The van der Waals surface area contributed by atoms with Gasteiger partial charge in [0.25, 0.3) is 0 Å². The number of ether oxygens (including phenoxy) is 1. The molecule has 3 heterocycles. The Kier molecular flexibility index (Phi) is 6.32. The second-order valence-corrected chi connectivity index (χ2v) is 11.6. The summed E-state index contributed by atoms with van der Waals surface area (Å²) in [6, 6.07) is 10.9. The van der Waals surface area contributed by atoms with Crippen LogP contribution in [0.25, 0.3) is 11.3 Å². The summed E-state index contributed by atoms with van der Waals surface area (Å²) in [7, 11) is 0. The van der Waals surface area contributed by atoms with Crippen LogP contribution in [0.1, 0.15) is 43.5 Å². The van der Waals surface area contributed by atoms with E-state index in [4.69, 9.17) is 4.74 Å². The zero-order valence-electron chi connectivity index (χ0n) is 20.5. The number of benzene rings is 2. The van der Waals surface area contributed by atoms with E-state index >= 15 is 0 Å². The minimum atomic E-state index is -1.22. The van der Waals surface area contributed by atoms with E-state index in [-0.39, 0.29) is 17.1 Å². The first-order valence-electron chi connectivity index (χ1n) is 12.0. The van der Waals surface area contributed by atoms with Crippen LogP contribution in [0.3, 0.4) is 0 Å². The largest absolute Gasteiger partial charge is 0.441 e. The SMILES string of the molecule is CC(C)(C)c1nc(-c2cc(F)c(F)cc2F)c(CN2CCC3(CC2)CN(c2ccccc2)C(=O)O3)s1. The quantitative estimate of drug-likeness (QED) is 0.372. The van der Waals surface area contributed by atoms with Crippen molar-refractivity contribution < 1.29 is 22.7 Å². The molecule has 0 unspecified atom stereocenters. The van der Waals surface area contributed by atoms with Gasteiger partial charge < -0.3 is 4.74 Å². The van der Waals surface area contributed by atoms with E-state index in [0.717, 1.165) is 21.6 Å². The van der Waals surface area contributed by atoms with Crippen LogP contribution in [0.4, 0.5) is 23.7 Å². The van der Waals surface area contributed by atoms with E-state index in [9.17, 15) is 18.0 Å². The molecule has 1 amide bonds. The van der Waals surface area contributed by atoms with Gasteiger partial charge in [0.1, 0.15) is 11.4 Å². The smallest absolute Gasteiger partial charge is 0.415 e. The Balaban J connectivity index is 1.35. The Labute approximate surface area is 212 Å². The standard InChI is InChI=1S/C27H28F3N3O2S/c1-26(2,3)24-31-23(18-13-20(29)21(30)14-19(18)28)22(36-24)15-32-11-9-27(10-12-32)16-33(25(34)35-27)17-7-5-4-6-8-17/h4-8,13-14H,9-12,15-16H2,1-3H3. The van der Waals surface area contributed by atoms with Crippen LogP contribution in [0.15, 0.2) is 42.5 Å². The number of carbonyl (C=O) groups is 1. The summed E-state index contributed by atoms with van der Waals surface area (Å²) < 4.78 is 48.1. The fraction of sp³-hybridized carbons (Fsp3) is 0.407. The lowest BCUT2D eigenvalue weighted by Crippen LogP contribution is -2.46. The number of amides is 1. The fourth-order valence-electron chi connectivity index (χ4n) is 4.71. The number of carbonyl (C=O) groups excluding carboxylic acids is 1. The molecular formula is C27H28F3N3O2S. The minimum Gasteiger partial charge on any atom is -0.441 e. The van der Waals surface area contributed by atoms with Crippen LogP contribution < -0.4 is 4.90 Å². The van der Waals surface area contributed by atoms with Crippen molar-refractivity contribution in [3.05, 3.63) is 69.8 Å². The molecule has 190 valence electrons. The number of piperidine rings is 1. The zero-order valence-corrected chi connectivity index (χ0v) is 21.3. The van der Waals surface area contributed by atoms with Gasteiger partial charge in [-0.3, -0.25) is 9.80 Å². The Morgan fingerprint density at radius 2 is 1.69 bits per heavy atom. The van der Waals surface area contributed by atoms with E-state index in [0.29, 0.717) is 50.8 Å². The Hall–Kier alpha value is -2.91. The third kappa shape index (κ3) is 4.74. The van der Waals surface area contributed by atoms with Crippen molar-refractivity contribution in [2.45, 2.75) is 51.2 Å². The molecule has 2 aliphatic heterocycles. The molecule has 2 aliphatic rings. The highest BCUT2D eigenvalue weighted by atomic mass is 32.1. The van der Waals surface area contributed by atoms with Crippen molar-refractivity contribution in [3.8, 4) is 11.3 Å². The topological polar surface area (TPSA) is 45.7 Å². The molecule has 3 aromatic rings. The lowest BCUT2D eigenvalue weighted by atomic mass is 9.91. The van der Waals surface area contributed by atoms with Crippen molar-refractivity contribution >= 4 is 23.1 Å². The maximum atomic E-state index is 14.7. The van der Waals surface area contributed by atoms with Gasteiger partial charge in [0.2, 0.25) is 0 Å². The highest BCUT2D eigenvalue weighted by Gasteiger charge is 2.47. The molecule has 0 radical (unpaired) electrons. The number of thiazole rings is 1. The monoisotopic (exact) mass is 515 g/mol. The van der Waals surface area contributed by atoms with Gasteiger partial charge >= 0.3 is 6.09 Å². The highest BCUT2D eigenvalue weighted by Crippen LogP contribution is 2.39. The third-order valence-corrected chi connectivity index (χ3v) is 8.24. The Bertz CT molecular complexity index is 1280. The molecule has 1 spiro atoms. The number of hydrogen-bond donors (Lipinski definition) is 0. The van der Waals surface area contributed by atoms with Gasteiger partial charge in [-0.2, -0.15) is 0 Å². The third-order valence-electron chi connectivity index (χ3n) is 6.78. The van der Waals surface area contributed by atoms with Crippen molar-refractivity contribution in [2.24, 2.45) is 0 Å². The van der Waals surface area contributed by atoms with Gasteiger partial charge in [0.15, 0.2) is 11.6 Å². The number of nitrogens with zero attached hydrogens (tertiary/aromatic N) is 3. The van der Waals surface area contributed by atoms with Crippen molar-refractivity contribution in [1.82, 2.24) is 9.88 Å². The highest BCUT2D eigenvalue weighted by molar-refractivity contribution is 7.12. The van der Waals surface area contributed by atoms with Gasteiger partial charge in [-0.1, -0.05) is 39.0 Å². The first-order valence-corrected chi connectivity index (χ1v) is 12.8. The summed E-state index contributed by atoms with van der Waals surface area (Å²) in [4.78, 5) is 21.9. The predicted molar refractivity (Wildman–Crippen MR) is 134 cm³/mol. The van der Waals surface area contributed by atoms with Crippen LogP contribution >= 0.6 is 11.3 Å². The average Bonchev–Trinajstić information content (AvgIpc) is 3.40. The molecule has 0 aliphatic carbocycles. The van der Waals surface area contributed by atoms with E-state index in [1.54, 1.807) is 4.90 Å². The second kappa shape index (κ2) is 9.19. The van der Waals surface area contributed by atoms with Crippen LogP contribution in [0, 0.1) is 17.5 Å². The van der Waals surface area contributed by atoms with Crippen LogP contribution in [0.5, 0.6) is 0 Å². The van der Waals surface area contributed by atoms with Gasteiger partial charge in [-0.25, -0.2) is 22.9 Å². The van der Waals surface area contributed by atoms with Crippen molar-refractivity contribution in [1.29, 1.82) is 0 Å². The molecule has 2 fully saturated rings. The van der Waals surface area contributed by atoms with E-state index in [2.05, 4.69) is 9.88 Å². The predicted octanol–water partition coefficient (Wildman–Crippen LogP) is 6.52. The van der Waals surface area contributed by atoms with E-state index < -0.39 is 23.1 Å². The molecular weight excluding hydrogens is 487 g/mol. The van der Waals surface area contributed by atoms with Crippen molar-refractivity contribution in [2.75, 3.05) is 24.5 Å². The number of para-hydroxylation sites is 1. The van der Waals surface area contributed by atoms with Crippen LogP contribution in [-0.4, -0.2) is 41.2 Å². The number of halogens is 3. The number of anilines is 1. The van der Waals surface area contributed by atoms with Gasteiger partial charge in [0, 0.05) is 60.1 Å². The van der Waals surface area contributed by atoms with Gasteiger partial charge in [-0.15, -0.1) is 11.3 Å². The normalized spacial score (nSPS) is 18.2. The molecule has 2 saturated heterocycles. The Morgan fingerprint density at radius 1 is 1.03 bits per heavy atom. The Morgan fingerprint density at radius 3 is 2.36 bits per heavy atom. The number of rotatable bonds is 4. The summed E-state index contributed by atoms with van der Waals surface area (Å²) in [5.41, 5.74) is 0.316. The molecule has 5 nitrogen and oxygen atoms in total. The summed E-state index contributed by atoms with van der Waals surface area (Å²) in [5.74, 6) is -3.16. The first kappa shape index (κ1) is 24.8. The minimum absolute atomic E-state index is 0.0349. The number of likely N-dealkylation sites (tertiary alicyclic amines) is 1. The molecule has 0 N–H and O–H groups in total. The maximum absolute atomic E-state index is 14.7. The molecule has 0 atom stereocenters. The lowest BCUT2D eigenvalue weighted by Gasteiger charge is -2.37. The summed E-state index contributed by atoms with van der Waals surface area (Å²) in [5, 5.41) is 0.799. The van der Waals surface area contributed by atoms with Crippen molar-refractivity contribution in [3.63, 3.8) is 0 Å². The van der Waals surface area contributed by atoms with Gasteiger partial charge in [0.05, 0.1) is 17.2 Å². The van der Waals surface area contributed by atoms with Gasteiger partial charge in [-0.05, 0) is 18.2 Å². The molecule has 0 saturated carbocycles. The summed E-state index contributed by atoms with van der Waals surface area (Å²) in [6.07, 6.45) is 1.01. The molecule has 0 bridgehead atoms. The first-order chi connectivity index (χ1) is 17.0.